The van der Waals surface area contributed by atoms with E-state index in [-0.39, 0.29) is 5.82 Å². The molecule has 1 aliphatic heterocycles. The summed E-state index contributed by atoms with van der Waals surface area (Å²) in [6, 6.07) is 7.09. The fourth-order valence-electron chi connectivity index (χ4n) is 3.12. The number of rotatable bonds is 5. The topological polar surface area (TPSA) is 35.5 Å². The number of halogens is 2. The van der Waals surface area contributed by atoms with Gasteiger partial charge in [-0.2, -0.15) is 4.98 Å². The molecule has 0 radical (unpaired) electrons. The van der Waals surface area contributed by atoms with Gasteiger partial charge in [0.05, 0.1) is 0 Å². The summed E-state index contributed by atoms with van der Waals surface area (Å²) < 4.78 is 14.0. The van der Waals surface area contributed by atoms with Gasteiger partial charge in [0.15, 0.2) is 0 Å². The van der Waals surface area contributed by atoms with E-state index in [0.717, 1.165) is 25.3 Å². The molecule has 1 aliphatic rings. The molecular weight excluding hydrogens is 341 g/mol. The van der Waals surface area contributed by atoms with Crippen molar-refractivity contribution < 1.29 is 4.39 Å². The zero-order valence-corrected chi connectivity index (χ0v) is 15.5. The molecule has 5 nitrogen and oxygen atoms in total. The molecule has 0 spiro atoms. The number of aromatic nitrogens is 2. The standard InChI is InChI=1S/C18H23ClFN5/c1-23(2)18-21-9-7-17(22-18)24(3)13-8-10-25(11-13)12-14-15(19)5-4-6-16(14)20/h4-7,9,13H,8,10-12H2,1-3H3. The van der Waals surface area contributed by atoms with Gasteiger partial charge in [-0.25, -0.2) is 9.37 Å². The highest BCUT2D eigenvalue weighted by Crippen LogP contribution is 2.25. The van der Waals surface area contributed by atoms with Gasteiger partial charge in [-0.05, 0) is 24.6 Å². The van der Waals surface area contributed by atoms with Gasteiger partial charge in [0, 0.05) is 63.6 Å². The van der Waals surface area contributed by atoms with Gasteiger partial charge in [-0.15, -0.1) is 0 Å². The first kappa shape index (κ1) is 17.9. The molecule has 0 aliphatic carbocycles. The SMILES string of the molecule is CN(C)c1nccc(N(C)C2CCN(Cc3c(F)cccc3Cl)C2)n1. The summed E-state index contributed by atoms with van der Waals surface area (Å²) >= 11 is 6.15. The van der Waals surface area contributed by atoms with Crippen molar-refractivity contribution in [1.29, 1.82) is 0 Å². The molecule has 7 heteroatoms. The number of hydrogen-bond acceptors (Lipinski definition) is 5. The second kappa shape index (κ2) is 7.54. The maximum Gasteiger partial charge on any atom is 0.226 e. The quantitative estimate of drug-likeness (QED) is 0.816. The zero-order chi connectivity index (χ0) is 18.0. The molecule has 0 amide bonds. The van der Waals surface area contributed by atoms with Crippen molar-refractivity contribution in [1.82, 2.24) is 14.9 Å². The number of nitrogens with zero attached hydrogens (tertiary/aromatic N) is 5. The van der Waals surface area contributed by atoms with Crippen molar-refractivity contribution in [2.45, 2.75) is 19.0 Å². The minimum atomic E-state index is -0.240. The molecule has 25 heavy (non-hydrogen) atoms. The van der Waals surface area contributed by atoms with Crippen molar-refractivity contribution in [2.75, 3.05) is 44.0 Å². The van der Waals surface area contributed by atoms with Gasteiger partial charge < -0.3 is 9.80 Å². The lowest BCUT2D eigenvalue weighted by Gasteiger charge is -2.26. The minimum Gasteiger partial charge on any atom is -0.355 e. The average Bonchev–Trinajstić information content (AvgIpc) is 3.06. The summed E-state index contributed by atoms with van der Waals surface area (Å²) in [6.45, 7) is 2.29. The Morgan fingerprint density at radius 2 is 2.08 bits per heavy atom. The van der Waals surface area contributed by atoms with Crippen LogP contribution in [0.3, 0.4) is 0 Å². The third kappa shape index (κ3) is 4.02. The number of likely N-dealkylation sites (tertiary alicyclic amines) is 1. The monoisotopic (exact) mass is 363 g/mol. The van der Waals surface area contributed by atoms with Crippen LogP contribution >= 0.6 is 11.6 Å². The second-order valence-electron chi connectivity index (χ2n) is 6.60. The largest absolute Gasteiger partial charge is 0.355 e. The number of benzene rings is 1. The molecule has 1 atom stereocenters. The third-order valence-electron chi connectivity index (χ3n) is 4.63. The van der Waals surface area contributed by atoms with E-state index in [4.69, 9.17) is 11.6 Å². The number of hydrogen-bond donors (Lipinski definition) is 0. The molecule has 1 aromatic carbocycles. The fourth-order valence-corrected chi connectivity index (χ4v) is 3.34. The average molecular weight is 364 g/mol. The fraction of sp³-hybridized carbons (Fsp3) is 0.444. The van der Waals surface area contributed by atoms with Crippen LogP contribution in [0, 0.1) is 5.82 Å². The van der Waals surface area contributed by atoms with E-state index in [9.17, 15) is 4.39 Å². The minimum absolute atomic E-state index is 0.240. The predicted molar refractivity (Wildman–Crippen MR) is 99.9 cm³/mol. The molecule has 1 unspecified atom stereocenters. The van der Waals surface area contributed by atoms with Crippen LogP contribution in [0.4, 0.5) is 16.2 Å². The van der Waals surface area contributed by atoms with Crippen LogP contribution in [0.5, 0.6) is 0 Å². The van der Waals surface area contributed by atoms with E-state index in [1.54, 1.807) is 18.3 Å². The van der Waals surface area contributed by atoms with Crippen LogP contribution in [0.15, 0.2) is 30.5 Å². The van der Waals surface area contributed by atoms with Gasteiger partial charge in [0.25, 0.3) is 0 Å². The molecule has 2 aromatic rings. The maximum atomic E-state index is 14.0. The second-order valence-corrected chi connectivity index (χ2v) is 7.01. The van der Waals surface area contributed by atoms with E-state index in [2.05, 4.69) is 19.8 Å². The van der Waals surface area contributed by atoms with E-state index in [1.165, 1.54) is 6.07 Å². The van der Waals surface area contributed by atoms with Gasteiger partial charge >= 0.3 is 0 Å². The first-order valence-electron chi connectivity index (χ1n) is 8.34. The summed E-state index contributed by atoms with van der Waals surface area (Å²) in [7, 11) is 5.90. The zero-order valence-electron chi connectivity index (χ0n) is 14.8. The Morgan fingerprint density at radius 3 is 2.80 bits per heavy atom. The van der Waals surface area contributed by atoms with Crippen molar-refractivity contribution >= 4 is 23.4 Å². The van der Waals surface area contributed by atoms with E-state index in [0.29, 0.717) is 29.1 Å². The smallest absolute Gasteiger partial charge is 0.226 e. The van der Waals surface area contributed by atoms with Crippen molar-refractivity contribution in [3.63, 3.8) is 0 Å². The Morgan fingerprint density at radius 1 is 1.28 bits per heavy atom. The molecule has 1 aromatic heterocycles. The van der Waals surface area contributed by atoms with Crippen molar-refractivity contribution in [2.24, 2.45) is 0 Å². The molecule has 1 fully saturated rings. The maximum absolute atomic E-state index is 14.0. The molecule has 0 saturated carbocycles. The molecule has 0 bridgehead atoms. The highest BCUT2D eigenvalue weighted by molar-refractivity contribution is 6.31. The van der Waals surface area contributed by atoms with E-state index >= 15 is 0 Å². The Balaban J connectivity index is 1.67. The third-order valence-corrected chi connectivity index (χ3v) is 4.98. The highest BCUT2D eigenvalue weighted by Gasteiger charge is 2.27. The molecular formula is C18H23ClFN5. The predicted octanol–water partition coefficient (Wildman–Crippen LogP) is 3.05. The van der Waals surface area contributed by atoms with Crippen molar-refractivity contribution in [3.05, 3.63) is 46.9 Å². The van der Waals surface area contributed by atoms with E-state index in [1.807, 2.05) is 32.1 Å². The van der Waals surface area contributed by atoms with Crippen LogP contribution in [0.25, 0.3) is 0 Å². The van der Waals surface area contributed by atoms with Crippen LogP contribution in [-0.4, -0.2) is 55.1 Å². The summed E-state index contributed by atoms with van der Waals surface area (Å²) in [5.41, 5.74) is 0.574. The van der Waals surface area contributed by atoms with Crippen LogP contribution in [-0.2, 0) is 6.54 Å². The van der Waals surface area contributed by atoms with Crippen molar-refractivity contribution in [3.8, 4) is 0 Å². The van der Waals surface area contributed by atoms with Crippen LogP contribution in [0.1, 0.15) is 12.0 Å². The number of anilines is 2. The first-order valence-corrected chi connectivity index (χ1v) is 8.72. The normalized spacial score (nSPS) is 17.7. The molecule has 1 saturated heterocycles. The molecule has 0 N–H and O–H groups in total. The molecule has 2 heterocycles. The Labute approximate surface area is 153 Å². The van der Waals surface area contributed by atoms with Gasteiger partial charge in [-0.3, -0.25) is 4.90 Å². The lowest BCUT2D eigenvalue weighted by Crippen LogP contribution is -2.35. The summed E-state index contributed by atoms with van der Waals surface area (Å²) in [4.78, 5) is 15.2. The van der Waals surface area contributed by atoms with Gasteiger partial charge in [-0.1, -0.05) is 17.7 Å². The van der Waals surface area contributed by atoms with Crippen LogP contribution in [0.2, 0.25) is 5.02 Å². The van der Waals surface area contributed by atoms with Crippen LogP contribution < -0.4 is 9.80 Å². The molecule has 134 valence electrons. The summed E-state index contributed by atoms with van der Waals surface area (Å²) in [5, 5.41) is 0.489. The van der Waals surface area contributed by atoms with Gasteiger partial charge in [0.2, 0.25) is 5.95 Å². The van der Waals surface area contributed by atoms with E-state index < -0.39 is 0 Å². The Kier molecular flexibility index (Phi) is 5.39. The Hall–Kier alpha value is -1.92. The first-order chi connectivity index (χ1) is 12.0. The lowest BCUT2D eigenvalue weighted by atomic mass is 10.2. The Bertz CT molecular complexity index is 719. The van der Waals surface area contributed by atoms with Gasteiger partial charge in [0.1, 0.15) is 11.6 Å². The number of likely N-dealkylation sites (N-methyl/N-ethyl adjacent to an activating group) is 1. The summed E-state index contributed by atoms with van der Waals surface area (Å²) in [5.74, 6) is 1.35. The highest BCUT2D eigenvalue weighted by atomic mass is 35.5. The lowest BCUT2D eigenvalue weighted by molar-refractivity contribution is 0.320. The molecule has 3 rings (SSSR count). The summed E-state index contributed by atoms with van der Waals surface area (Å²) in [6.07, 6.45) is 2.78.